The lowest BCUT2D eigenvalue weighted by Gasteiger charge is -1.94. The van der Waals surface area contributed by atoms with Crippen LogP contribution in [0.15, 0.2) is 11.1 Å². The smallest absolute Gasteiger partial charge is 0.367 e. The van der Waals surface area contributed by atoms with Gasteiger partial charge < -0.3 is 25.4 Å². The molecule has 0 fully saturated rings. The van der Waals surface area contributed by atoms with Crippen molar-refractivity contribution in [2.75, 3.05) is 5.73 Å². The van der Waals surface area contributed by atoms with E-state index in [0.29, 0.717) is 0 Å². The first-order valence-electron chi connectivity index (χ1n) is 3.86. The van der Waals surface area contributed by atoms with Crippen LogP contribution in [0, 0.1) is 0 Å². The largest absolute Gasteiger partial charge is 0.466 e. The van der Waals surface area contributed by atoms with Gasteiger partial charge in [0.2, 0.25) is 5.95 Å². The second-order valence-electron chi connectivity index (χ2n) is 2.67. The summed E-state index contributed by atoms with van der Waals surface area (Å²) < 4.78 is 21.6. The minimum absolute atomic E-state index is 0.00620. The number of hydrogen-bond acceptors (Lipinski definition) is 5. The second-order valence-corrected chi connectivity index (χ2v) is 3.70. The molecule has 94 valence electrons. The average Bonchev–Trinajstić information content (AvgIpc) is 2.59. The van der Waals surface area contributed by atoms with Gasteiger partial charge in [0.15, 0.2) is 11.2 Å². The van der Waals surface area contributed by atoms with Crippen molar-refractivity contribution in [3.05, 3.63) is 16.7 Å². The van der Waals surface area contributed by atoms with Crippen molar-refractivity contribution in [1.29, 1.82) is 0 Å². The van der Waals surface area contributed by atoms with E-state index < -0.39 is 19.3 Å². The van der Waals surface area contributed by atoms with E-state index in [1.54, 1.807) is 0 Å². The molecule has 0 spiro atoms. The van der Waals surface area contributed by atoms with Gasteiger partial charge in [-0.1, -0.05) is 4.48 Å². The van der Waals surface area contributed by atoms with Gasteiger partial charge in [-0.05, 0) is 0 Å². The van der Waals surface area contributed by atoms with Crippen molar-refractivity contribution in [2.45, 2.75) is 0 Å². The Kier molecular flexibility index (Phi) is 3.58. The van der Waals surface area contributed by atoms with E-state index in [1.807, 2.05) is 0 Å². The Labute approximate surface area is 91.7 Å². The van der Waals surface area contributed by atoms with Crippen LogP contribution in [0.3, 0.4) is 0 Å². The molecule has 2 aromatic rings. The maximum Gasteiger partial charge on any atom is 0.466 e. The minimum atomic E-state index is -4.64. The molecule has 0 unspecified atom stereocenters. The number of anilines is 1. The van der Waals surface area contributed by atoms with Gasteiger partial charge in [0.1, 0.15) is 0 Å². The molecule has 0 amide bonds. The van der Waals surface area contributed by atoms with Gasteiger partial charge >= 0.3 is 13.4 Å². The molecule has 0 aliphatic rings. The lowest BCUT2D eigenvalue weighted by molar-refractivity contribution is 0.275. The molecular weight excluding hydrogens is 260 g/mol. The molecule has 12 heteroatoms. The van der Waals surface area contributed by atoms with Crippen molar-refractivity contribution in [1.82, 2.24) is 19.7 Å². The van der Waals surface area contributed by atoms with E-state index >= 15 is 0 Å². The normalized spacial score (nSPS) is 11.1. The standard InChI is InChI=1S/C5H4FN5O.H3O4P/c6-11-4(12)2-3(9-1-8-2)10-5(11)7;1-5(2,3)4/h1H,(H2,7,10)(H,8,9);(H3,1,2,3,4). The van der Waals surface area contributed by atoms with Crippen molar-refractivity contribution in [3.63, 3.8) is 0 Å². The Morgan fingerprint density at radius 1 is 1.47 bits per heavy atom. The van der Waals surface area contributed by atoms with Gasteiger partial charge in [0.25, 0.3) is 0 Å². The number of phosphoric acid groups is 1. The maximum atomic E-state index is 12.7. The van der Waals surface area contributed by atoms with Gasteiger partial charge in [0.05, 0.1) is 6.33 Å². The average molecular weight is 267 g/mol. The highest BCUT2D eigenvalue weighted by atomic mass is 31.2. The van der Waals surface area contributed by atoms with Gasteiger partial charge in [-0.25, -0.2) is 9.55 Å². The predicted octanol–water partition coefficient (Wildman–Crippen LogP) is -1.49. The fourth-order valence-corrected chi connectivity index (χ4v) is 0.884. The number of aromatic nitrogens is 4. The molecule has 6 N–H and O–H groups in total. The molecule has 10 nitrogen and oxygen atoms in total. The van der Waals surface area contributed by atoms with Crippen LogP contribution >= 0.6 is 7.82 Å². The number of nitrogen functional groups attached to an aromatic ring is 1. The first-order chi connectivity index (χ1) is 7.70. The van der Waals surface area contributed by atoms with E-state index in [9.17, 15) is 9.28 Å². The summed E-state index contributed by atoms with van der Waals surface area (Å²) >= 11 is 0. The summed E-state index contributed by atoms with van der Waals surface area (Å²) in [6, 6.07) is 0. The van der Waals surface area contributed by atoms with Crippen LogP contribution in [0.2, 0.25) is 0 Å². The molecule has 0 saturated heterocycles. The molecule has 2 heterocycles. The zero-order valence-corrected chi connectivity index (χ0v) is 8.87. The van der Waals surface area contributed by atoms with Gasteiger partial charge in [-0.15, -0.1) is 4.79 Å². The molecule has 17 heavy (non-hydrogen) atoms. The Morgan fingerprint density at radius 3 is 2.53 bits per heavy atom. The third-order valence-electron chi connectivity index (χ3n) is 1.43. The number of imidazole rings is 1. The number of rotatable bonds is 0. The third-order valence-corrected chi connectivity index (χ3v) is 1.43. The molecular formula is C5H7FN5O5P. The van der Waals surface area contributed by atoms with Crippen LogP contribution in [0.1, 0.15) is 0 Å². The monoisotopic (exact) mass is 267 g/mol. The zero-order chi connectivity index (χ0) is 13.2. The number of aromatic amines is 1. The summed E-state index contributed by atoms with van der Waals surface area (Å²) in [5.74, 6) is -0.500. The van der Waals surface area contributed by atoms with Crippen LogP contribution in [-0.4, -0.2) is 34.4 Å². The summed E-state index contributed by atoms with van der Waals surface area (Å²) in [5.41, 5.74) is 4.31. The summed E-state index contributed by atoms with van der Waals surface area (Å²) in [7, 11) is -4.64. The van der Waals surface area contributed by atoms with Crippen LogP contribution in [0.4, 0.5) is 10.4 Å². The first-order valence-corrected chi connectivity index (χ1v) is 5.42. The fraction of sp³-hybridized carbons (Fsp3) is 0. The summed E-state index contributed by atoms with van der Waals surface area (Å²) in [6.07, 6.45) is 1.25. The molecule has 2 aromatic heterocycles. The molecule has 0 saturated carbocycles. The van der Waals surface area contributed by atoms with Gasteiger partial charge in [-0.2, -0.15) is 4.98 Å². The van der Waals surface area contributed by atoms with Crippen molar-refractivity contribution in [3.8, 4) is 0 Å². The number of H-pyrrole nitrogens is 1. The quantitative estimate of drug-likeness (QED) is 0.359. The molecule has 0 atom stereocenters. The summed E-state index contributed by atoms with van der Waals surface area (Å²) in [5, 5.41) is 0. The number of nitrogens with zero attached hydrogens (tertiary/aromatic N) is 3. The number of fused-ring (bicyclic) bond motifs is 1. The van der Waals surface area contributed by atoms with Crippen LogP contribution < -0.4 is 11.3 Å². The number of halogens is 1. The van der Waals surface area contributed by atoms with Gasteiger partial charge in [0, 0.05) is 0 Å². The highest BCUT2D eigenvalue weighted by molar-refractivity contribution is 7.45. The van der Waals surface area contributed by atoms with E-state index in [4.69, 9.17) is 25.0 Å². The van der Waals surface area contributed by atoms with Crippen LogP contribution in [0.25, 0.3) is 11.2 Å². The molecule has 0 aliphatic heterocycles. The van der Waals surface area contributed by atoms with E-state index in [0.717, 1.165) is 0 Å². The summed E-state index contributed by atoms with van der Waals surface area (Å²) in [4.78, 5) is 42.0. The molecule has 2 rings (SSSR count). The summed E-state index contributed by atoms with van der Waals surface area (Å²) in [6.45, 7) is 0. The lowest BCUT2D eigenvalue weighted by Crippen LogP contribution is -2.18. The van der Waals surface area contributed by atoms with Crippen LogP contribution in [0.5, 0.6) is 0 Å². The Bertz CT molecular complexity index is 623. The molecule has 0 aromatic carbocycles. The Hall–Kier alpha value is -1.81. The van der Waals surface area contributed by atoms with E-state index in [1.165, 1.54) is 6.33 Å². The number of nitrogens with one attached hydrogen (secondary N) is 1. The fourth-order valence-electron chi connectivity index (χ4n) is 0.884. The second kappa shape index (κ2) is 4.59. The van der Waals surface area contributed by atoms with Gasteiger partial charge in [-0.3, -0.25) is 4.79 Å². The van der Waals surface area contributed by atoms with Crippen molar-refractivity contribution in [2.24, 2.45) is 0 Å². The van der Waals surface area contributed by atoms with Crippen molar-refractivity contribution >= 4 is 24.9 Å². The topological polar surface area (TPSA) is 167 Å². The maximum absolute atomic E-state index is 12.7. The Balaban J connectivity index is 0.000000249. The highest BCUT2D eigenvalue weighted by Gasteiger charge is 2.08. The van der Waals surface area contributed by atoms with Crippen LogP contribution in [-0.2, 0) is 4.57 Å². The zero-order valence-electron chi connectivity index (χ0n) is 7.98. The number of hydrogen-bond donors (Lipinski definition) is 5. The predicted molar refractivity (Wildman–Crippen MR) is 53.3 cm³/mol. The van der Waals surface area contributed by atoms with E-state index in [-0.39, 0.29) is 16.0 Å². The SMILES string of the molecule is Nc1nc2nc[nH]c2c(=O)n1F.O=P(O)(O)O. The van der Waals surface area contributed by atoms with Crippen molar-refractivity contribution < 1.29 is 23.7 Å². The molecule has 0 radical (unpaired) electrons. The first kappa shape index (κ1) is 13.3. The minimum Gasteiger partial charge on any atom is -0.367 e. The third kappa shape index (κ3) is 3.60. The Morgan fingerprint density at radius 2 is 2.00 bits per heavy atom. The molecule has 0 bridgehead atoms. The highest BCUT2D eigenvalue weighted by Crippen LogP contribution is 2.25. The number of nitrogens with two attached hydrogens (primary N) is 1. The van der Waals surface area contributed by atoms with E-state index in [2.05, 4.69) is 15.0 Å². The molecule has 0 aliphatic carbocycles. The lowest BCUT2D eigenvalue weighted by atomic mass is 10.5.